The summed E-state index contributed by atoms with van der Waals surface area (Å²) >= 11 is 11.0. The van der Waals surface area contributed by atoms with Gasteiger partial charge in [0.2, 0.25) is 0 Å². The lowest BCUT2D eigenvalue weighted by molar-refractivity contribution is 0.0607. The quantitative estimate of drug-likeness (QED) is 0.802. The Morgan fingerprint density at radius 1 is 1.47 bits per heavy atom. The molecule has 6 heteroatoms. The molecule has 1 aromatic heterocycles. The summed E-state index contributed by atoms with van der Waals surface area (Å²) in [6.45, 7) is 1.87. The molecule has 19 heavy (non-hydrogen) atoms. The van der Waals surface area contributed by atoms with Crippen LogP contribution in [0.2, 0.25) is 5.02 Å². The number of methoxy groups -OCH3 is 1. The van der Waals surface area contributed by atoms with E-state index in [0.29, 0.717) is 15.6 Å². The van der Waals surface area contributed by atoms with Gasteiger partial charge in [0.15, 0.2) is 0 Å². The van der Waals surface area contributed by atoms with E-state index in [2.05, 4.69) is 15.9 Å². The molecule has 0 aliphatic heterocycles. The molecule has 0 fully saturated rings. The van der Waals surface area contributed by atoms with Crippen LogP contribution in [0.1, 0.15) is 15.2 Å². The molecule has 1 heterocycles. The molecule has 3 nitrogen and oxygen atoms in total. The van der Waals surface area contributed by atoms with Gasteiger partial charge in [0, 0.05) is 14.9 Å². The van der Waals surface area contributed by atoms with Crippen molar-refractivity contribution in [3.05, 3.63) is 38.1 Å². The third kappa shape index (κ3) is 2.50. The first-order valence-corrected chi connectivity index (χ1v) is 7.37. The zero-order valence-electron chi connectivity index (χ0n) is 10.3. The normalized spacial score (nSPS) is 10.5. The highest BCUT2D eigenvalue weighted by Crippen LogP contribution is 2.42. The third-order valence-electron chi connectivity index (χ3n) is 2.76. The minimum Gasteiger partial charge on any atom is -0.465 e. The van der Waals surface area contributed by atoms with Crippen LogP contribution in [0.5, 0.6) is 0 Å². The van der Waals surface area contributed by atoms with Crippen LogP contribution in [0, 0.1) is 6.92 Å². The fraction of sp³-hybridized carbons (Fsp3) is 0.154. The van der Waals surface area contributed by atoms with Crippen molar-refractivity contribution in [3.8, 4) is 10.4 Å². The van der Waals surface area contributed by atoms with Gasteiger partial charge in [0.05, 0.1) is 17.8 Å². The average molecular weight is 361 g/mol. The number of nitrogens with two attached hydrogens (primary N) is 1. The third-order valence-corrected chi connectivity index (χ3v) is 5.38. The molecule has 2 N–H and O–H groups in total. The molecule has 0 atom stereocenters. The fourth-order valence-electron chi connectivity index (χ4n) is 1.71. The number of thiophene rings is 1. The predicted molar refractivity (Wildman–Crippen MR) is 83.0 cm³/mol. The molecule has 0 amide bonds. The SMILES string of the molecule is COC(=O)c1sc(-c2cccc(Br)c2Cl)c(C)c1N. The predicted octanol–water partition coefficient (Wildman–Crippen LogP) is 4.51. The van der Waals surface area contributed by atoms with Gasteiger partial charge in [-0.1, -0.05) is 23.7 Å². The van der Waals surface area contributed by atoms with Gasteiger partial charge in [-0.05, 0) is 34.5 Å². The Labute approximate surface area is 128 Å². The largest absolute Gasteiger partial charge is 0.465 e. The van der Waals surface area contributed by atoms with Crippen LogP contribution in [-0.2, 0) is 4.74 Å². The summed E-state index contributed by atoms with van der Waals surface area (Å²) in [5, 5.41) is 0.600. The second kappa shape index (κ2) is 5.53. The van der Waals surface area contributed by atoms with Crippen LogP contribution in [0.3, 0.4) is 0 Å². The number of hydrogen-bond acceptors (Lipinski definition) is 4. The molecule has 0 aliphatic carbocycles. The number of nitrogen functional groups attached to an aromatic ring is 1. The number of carbonyl (C=O) groups is 1. The maximum atomic E-state index is 11.6. The van der Waals surface area contributed by atoms with E-state index in [1.807, 2.05) is 25.1 Å². The van der Waals surface area contributed by atoms with Crippen LogP contribution in [0.15, 0.2) is 22.7 Å². The number of esters is 1. The van der Waals surface area contributed by atoms with Crippen molar-refractivity contribution in [2.45, 2.75) is 6.92 Å². The van der Waals surface area contributed by atoms with Gasteiger partial charge in [-0.2, -0.15) is 0 Å². The summed E-state index contributed by atoms with van der Waals surface area (Å²) in [6, 6.07) is 5.64. The van der Waals surface area contributed by atoms with Gasteiger partial charge >= 0.3 is 5.97 Å². The van der Waals surface area contributed by atoms with E-state index < -0.39 is 5.97 Å². The first-order chi connectivity index (χ1) is 8.97. The number of rotatable bonds is 2. The van der Waals surface area contributed by atoms with Gasteiger partial charge in [0.25, 0.3) is 0 Å². The van der Waals surface area contributed by atoms with Crippen molar-refractivity contribution in [2.24, 2.45) is 0 Å². The van der Waals surface area contributed by atoms with Crippen molar-refractivity contribution in [2.75, 3.05) is 12.8 Å². The highest BCUT2D eigenvalue weighted by molar-refractivity contribution is 9.10. The van der Waals surface area contributed by atoms with Crippen molar-refractivity contribution < 1.29 is 9.53 Å². The molecule has 0 radical (unpaired) electrons. The zero-order chi connectivity index (χ0) is 14.2. The Balaban J connectivity index is 2.64. The molecule has 0 saturated heterocycles. The van der Waals surface area contributed by atoms with E-state index in [1.54, 1.807) is 0 Å². The molecular formula is C13H11BrClNO2S. The van der Waals surface area contributed by atoms with Crippen LogP contribution in [0.4, 0.5) is 5.69 Å². The van der Waals surface area contributed by atoms with Gasteiger partial charge in [-0.15, -0.1) is 11.3 Å². The Morgan fingerprint density at radius 2 is 2.16 bits per heavy atom. The molecule has 0 saturated carbocycles. The summed E-state index contributed by atoms with van der Waals surface area (Å²) in [6.07, 6.45) is 0. The summed E-state index contributed by atoms with van der Waals surface area (Å²) < 4.78 is 5.53. The molecule has 2 rings (SSSR count). The van der Waals surface area contributed by atoms with Crippen molar-refractivity contribution in [1.82, 2.24) is 0 Å². The Hall–Kier alpha value is -1.04. The summed E-state index contributed by atoms with van der Waals surface area (Å²) in [7, 11) is 1.34. The van der Waals surface area contributed by atoms with E-state index >= 15 is 0 Å². The average Bonchev–Trinajstić information content (AvgIpc) is 2.69. The number of benzene rings is 1. The van der Waals surface area contributed by atoms with Crippen LogP contribution in [-0.4, -0.2) is 13.1 Å². The smallest absolute Gasteiger partial charge is 0.350 e. The highest BCUT2D eigenvalue weighted by atomic mass is 79.9. The van der Waals surface area contributed by atoms with Gasteiger partial charge in [-0.3, -0.25) is 0 Å². The molecule has 1 aromatic carbocycles. The lowest BCUT2D eigenvalue weighted by atomic mass is 10.1. The summed E-state index contributed by atoms with van der Waals surface area (Å²) in [5.74, 6) is -0.428. The minimum atomic E-state index is -0.428. The molecule has 2 aromatic rings. The fourth-order valence-corrected chi connectivity index (χ4v) is 3.53. The van der Waals surface area contributed by atoms with Gasteiger partial charge in [-0.25, -0.2) is 4.79 Å². The summed E-state index contributed by atoms with van der Waals surface area (Å²) in [5.41, 5.74) is 8.09. The van der Waals surface area contributed by atoms with E-state index in [-0.39, 0.29) is 0 Å². The topological polar surface area (TPSA) is 52.3 Å². The van der Waals surface area contributed by atoms with Crippen LogP contribution in [0.25, 0.3) is 10.4 Å². The van der Waals surface area contributed by atoms with E-state index in [4.69, 9.17) is 22.1 Å². The minimum absolute atomic E-state index is 0.408. The lowest BCUT2D eigenvalue weighted by Crippen LogP contribution is -2.01. The maximum absolute atomic E-state index is 11.6. The zero-order valence-corrected chi connectivity index (χ0v) is 13.4. The van der Waals surface area contributed by atoms with Crippen molar-refractivity contribution in [3.63, 3.8) is 0 Å². The Bertz CT molecular complexity index is 654. The van der Waals surface area contributed by atoms with E-state index in [9.17, 15) is 4.79 Å². The van der Waals surface area contributed by atoms with Crippen molar-refractivity contribution >= 4 is 50.5 Å². The number of anilines is 1. The van der Waals surface area contributed by atoms with Crippen LogP contribution >= 0.6 is 38.9 Å². The molecule has 0 aliphatic rings. The Kier molecular flexibility index (Phi) is 4.18. The van der Waals surface area contributed by atoms with Gasteiger partial charge in [0.1, 0.15) is 4.88 Å². The van der Waals surface area contributed by atoms with Crippen molar-refractivity contribution in [1.29, 1.82) is 0 Å². The summed E-state index contributed by atoms with van der Waals surface area (Å²) in [4.78, 5) is 12.9. The first kappa shape index (κ1) is 14.4. The van der Waals surface area contributed by atoms with E-state index in [1.165, 1.54) is 18.4 Å². The molecule has 0 unspecified atom stereocenters. The molecule has 0 spiro atoms. The number of carbonyl (C=O) groups excluding carboxylic acids is 1. The number of hydrogen-bond donors (Lipinski definition) is 1. The van der Waals surface area contributed by atoms with E-state index in [0.717, 1.165) is 20.5 Å². The maximum Gasteiger partial charge on any atom is 0.350 e. The number of halogens is 2. The molecule has 100 valence electrons. The Morgan fingerprint density at radius 3 is 2.79 bits per heavy atom. The molecular weight excluding hydrogens is 350 g/mol. The number of ether oxygens (including phenoxy) is 1. The lowest BCUT2D eigenvalue weighted by Gasteiger charge is -2.04. The highest BCUT2D eigenvalue weighted by Gasteiger charge is 2.21. The standard InChI is InChI=1S/C13H11BrClNO2S/c1-6-10(16)12(13(17)18-2)19-11(6)7-4-3-5-8(14)9(7)15/h3-5H,16H2,1-2H3. The molecule has 0 bridgehead atoms. The monoisotopic (exact) mass is 359 g/mol. The second-order valence-corrected chi connectivity index (χ2v) is 6.14. The first-order valence-electron chi connectivity index (χ1n) is 5.39. The van der Waals surface area contributed by atoms with Crippen LogP contribution < -0.4 is 5.73 Å². The van der Waals surface area contributed by atoms with Gasteiger partial charge < -0.3 is 10.5 Å². The second-order valence-electron chi connectivity index (χ2n) is 3.89.